The number of ether oxygens (including phenoxy) is 1. The maximum atomic E-state index is 13.1. The standard InChI is InChI=1S/C18H20FNO2S/c1-11-9-20(10-12(2)22-11)18(21)17-8-16(13(3)23-17)14-4-6-15(19)7-5-14/h4-8,11-12H,9-10H2,1-3H3/t11-,12+. The third-order valence-electron chi connectivity index (χ3n) is 3.99. The summed E-state index contributed by atoms with van der Waals surface area (Å²) in [6.07, 6.45) is 0.112. The van der Waals surface area contributed by atoms with Gasteiger partial charge >= 0.3 is 0 Å². The first-order chi connectivity index (χ1) is 10.9. The van der Waals surface area contributed by atoms with Crippen molar-refractivity contribution in [3.63, 3.8) is 0 Å². The van der Waals surface area contributed by atoms with Gasteiger partial charge in [-0.1, -0.05) is 12.1 Å². The number of thiophene rings is 1. The number of carbonyl (C=O) groups excluding carboxylic acids is 1. The average Bonchev–Trinajstić information content (AvgIpc) is 2.88. The van der Waals surface area contributed by atoms with Gasteiger partial charge in [0.25, 0.3) is 5.91 Å². The van der Waals surface area contributed by atoms with Crippen LogP contribution in [-0.2, 0) is 4.74 Å². The van der Waals surface area contributed by atoms with E-state index in [4.69, 9.17) is 4.74 Å². The molecule has 122 valence electrons. The third-order valence-corrected chi connectivity index (χ3v) is 5.03. The molecule has 0 unspecified atom stereocenters. The summed E-state index contributed by atoms with van der Waals surface area (Å²) < 4.78 is 18.8. The van der Waals surface area contributed by atoms with E-state index in [1.54, 1.807) is 12.1 Å². The number of aryl methyl sites for hydroxylation is 1. The zero-order chi connectivity index (χ0) is 16.6. The van der Waals surface area contributed by atoms with E-state index in [0.717, 1.165) is 20.9 Å². The van der Waals surface area contributed by atoms with Gasteiger partial charge in [-0.25, -0.2) is 4.39 Å². The van der Waals surface area contributed by atoms with Gasteiger partial charge in [0, 0.05) is 18.0 Å². The molecule has 2 heterocycles. The fourth-order valence-electron chi connectivity index (χ4n) is 3.00. The fourth-order valence-corrected chi connectivity index (χ4v) is 4.01. The molecule has 3 nitrogen and oxygen atoms in total. The van der Waals surface area contributed by atoms with Gasteiger partial charge in [-0.15, -0.1) is 11.3 Å². The van der Waals surface area contributed by atoms with Crippen LogP contribution in [0, 0.1) is 12.7 Å². The summed E-state index contributed by atoms with van der Waals surface area (Å²) in [5.74, 6) is -0.206. The lowest BCUT2D eigenvalue weighted by molar-refractivity contribution is -0.0585. The highest BCUT2D eigenvalue weighted by Crippen LogP contribution is 2.32. The average molecular weight is 333 g/mol. The van der Waals surface area contributed by atoms with E-state index in [9.17, 15) is 9.18 Å². The highest BCUT2D eigenvalue weighted by molar-refractivity contribution is 7.14. The number of nitrogens with zero attached hydrogens (tertiary/aromatic N) is 1. The van der Waals surface area contributed by atoms with Crippen LogP contribution in [0.4, 0.5) is 4.39 Å². The smallest absolute Gasteiger partial charge is 0.264 e. The van der Waals surface area contributed by atoms with Crippen molar-refractivity contribution in [2.45, 2.75) is 33.0 Å². The number of hydrogen-bond acceptors (Lipinski definition) is 3. The van der Waals surface area contributed by atoms with E-state index in [-0.39, 0.29) is 23.9 Å². The number of amides is 1. The molecule has 1 aliphatic rings. The Kier molecular flexibility index (Phi) is 4.50. The van der Waals surface area contributed by atoms with Crippen LogP contribution < -0.4 is 0 Å². The van der Waals surface area contributed by atoms with Crippen LogP contribution >= 0.6 is 11.3 Å². The lowest BCUT2D eigenvalue weighted by Crippen LogP contribution is -2.48. The summed E-state index contributed by atoms with van der Waals surface area (Å²) in [6.45, 7) is 7.20. The van der Waals surface area contributed by atoms with Gasteiger partial charge in [-0.3, -0.25) is 4.79 Å². The molecule has 3 rings (SSSR count). The molecule has 0 aliphatic carbocycles. The quantitative estimate of drug-likeness (QED) is 0.828. The summed E-state index contributed by atoms with van der Waals surface area (Å²) in [6, 6.07) is 8.30. The van der Waals surface area contributed by atoms with E-state index in [0.29, 0.717) is 13.1 Å². The van der Waals surface area contributed by atoms with Crippen LogP contribution in [0.3, 0.4) is 0 Å². The van der Waals surface area contributed by atoms with Gasteiger partial charge in [0.2, 0.25) is 0 Å². The minimum atomic E-state index is -0.255. The van der Waals surface area contributed by atoms with Crippen molar-refractivity contribution in [3.8, 4) is 11.1 Å². The molecule has 0 N–H and O–H groups in total. The molecule has 0 bridgehead atoms. The van der Waals surface area contributed by atoms with E-state index >= 15 is 0 Å². The topological polar surface area (TPSA) is 29.5 Å². The van der Waals surface area contributed by atoms with E-state index < -0.39 is 0 Å². The number of benzene rings is 1. The van der Waals surface area contributed by atoms with Gasteiger partial charge in [0.1, 0.15) is 5.82 Å². The van der Waals surface area contributed by atoms with Crippen molar-refractivity contribution in [1.29, 1.82) is 0 Å². The number of rotatable bonds is 2. The molecule has 2 atom stereocenters. The molecule has 1 aromatic heterocycles. The summed E-state index contributed by atoms with van der Waals surface area (Å²) >= 11 is 1.49. The molecule has 0 spiro atoms. The second kappa shape index (κ2) is 6.42. The van der Waals surface area contributed by atoms with Crippen molar-refractivity contribution >= 4 is 17.2 Å². The summed E-state index contributed by atoms with van der Waals surface area (Å²) in [5.41, 5.74) is 1.93. The number of morpholine rings is 1. The number of carbonyl (C=O) groups is 1. The van der Waals surface area contributed by atoms with Crippen LogP contribution in [0.1, 0.15) is 28.4 Å². The molecular formula is C18H20FNO2S. The minimum Gasteiger partial charge on any atom is -0.372 e. The molecule has 5 heteroatoms. The Bertz CT molecular complexity index is 700. The first kappa shape index (κ1) is 16.1. The van der Waals surface area contributed by atoms with Crippen molar-refractivity contribution in [2.75, 3.05) is 13.1 Å². The minimum absolute atomic E-state index is 0.0495. The predicted octanol–water partition coefficient (Wildman–Crippen LogP) is 4.11. The van der Waals surface area contributed by atoms with Gasteiger partial charge in [-0.05, 0) is 50.1 Å². The Hall–Kier alpha value is -1.72. The fraction of sp³-hybridized carbons (Fsp3) is 0.389. The van der Waals surface area contributed by atoms with Crippen molar-refractivity contribution < 1.29 is 13.9 Å². The molecule has 23 heavy (non-hydrogen) atoms. The molecule has 0 saturated carbocycles. The van der Waals surface area contributed by atoms with Crippen LogP contribution in [0.15, 0.2) is 30.3 Å². The van der Waals surface area contributed by atoms with Crippen LogP contribution in [-0.4, -0.2) is 36.1 Å². The summed E-state index contributed by atoms with van der Waals surface area (Å²) in [4.78, 5) is 16.4. The Morgan fingerprint density at radius 2 is 1.83 bits per heavy atom. The molecule has 1 aliphatic heterocycles. The van der Waals surface area contributed by atoms with E-state index in [1.165, 1.54) is 23.5 Å². The number of halogens is 1. The second-order valence-electron chi connectivity index (χ2n) is 6.05. The molecule has 1 fully saturated rings. The van der Waals surface area contributed by atoms with Gasteiger partial charge in [0.15, 0.2) is 0 Å². The van der Waals surface area contributed by atoms with Gasteiger partial charge in [-0.2, -0.15) is 0 Å². The van der Waals surface area contributed by atoms with Gasteiger partial charge < -0.3 is 9.64 Å². The van der Waals surface area contributed by atoms with Crippen LogP contribution in [0.5, 0.6) is 0 Å². The highest BCUT2D eigenvalue weighted by Gasteiger charge is 2.27. The lowest BCUT2D eigenvalue weighted by atomic mass is 10.1. The van der Waals surface area contributed by atoms with E-state index in [1.807, 2.05) is 31.7 Å². The van der Waals surface area contributed by atoms with Crippen molar-refractivity contribution in [1.82, 2.24) is 4.90 Å². The monoisotopic (exact) mass is 333 g/mol. The largest absolute Gasteiger partial charge is 0.372 e. The normalized spacial score (nSPS) is 21.5. The van der Waals surface area contributed by atoms with Crippen LogP contribution in [0.2, 0.25) is 0 Å². The Morgan fingerprint density at radius 1 is 1.22 bits per heavy atom. The molecular weight excluding hydrogens is 313 g/mol. The summed E-state index contributed by atoms with van der Waals surface area (Å²) in [7, 11) is 0. The summed E-state index contributed by atoms with van der Waals surface area (Å²) in [5, 5.41) is 0. The predicted molar refractivity (Wildman–Crippen MR) is 90.4 cm³/mol. The molecule has 0 radical (unpaired) electrons. The van der Waals surface area contributed by atoms with Crippen molar-refractivity contribution in [2.24, 2.45) is 0 Å². The third kappa shape index (κ3) is 3.46. The molecule has 1 amide bonds. The number of hydrogen-bond donors (Lipinski definition) is 0. The second-order valence-corrected chi connectivity index (χ2v) is 7.31. The Labute approximate surface area is 139 Å². The first-order valence-electron chi connectivity index (χ1n) is 7.75. The zero-order valence-electron chi connectivity index (χ0n) is 13.5. The molecule has 1 aromatic carbocycles. The molecule has 2 aromatic rings. The Balaban J connectivity index is 1.85. The van der Waals surface area contributed by atoms with Crippen LogP contribution in [0.25, 0.3) is 11.1 Å². The first-order valence-corrected chi connectivity index (χ1v) is 8.57. The highest BCUT2D eigenvalue weighted by atomic mass is 32.1. The SMILES string of the molecule is Cc1sc(C(=O)N2C[C@@H](C)O[C@@H](C)C2)cc1-c1ccc(F)cc1. The van der Waals surface area contributed by atoms with Crippen molar-refractivity contribution in [3.05, 3.63) is 45.9 Å². The van der Waals surface area contributed by atoms with E-state index in [2.05, 4.69) is 0 Å². The lowest BCUT2D eigenvalue weighted by Gasteiger charge is -2.35. The molecule has 1 saturated heterocycles. The maximum absolute atomic E-state index is 13.1. The Morgan fingerprint density at radius 3 is 2.43 bits per heavy atom. The maximum Gasteiger partial charge on any atom is 0.264 e. The van der Waals surface area contributed by atoms with Gasteiger partial charge in [0.05, 0.1) is 17.1 Å². The zero-order valence-corrected chi connectivity index (χ0v) is 14.3.